The van der Waals surface area contributed by atoms with Crippen LogP contribution in [0.3, 0.4) is 0 Å². The maximum absolute atomic E-state index is 5.87. The number of hydrogen-bond acceptors (Lipinski definition) is 3. The SMILES string of the molecule is CCCCN(CCOc1cccc(Br)c1)CC1CCCN1. The van der Waals surface area contributed by atoms with Crippen molar-refractivity contribution < 1.29 is 4.74 Å². The third kappa shape index (κ3) is 6.37. The Labute approximate surface area is 137 Å². The Morgan fingerprint density at radius 1 is 1.38 bits per heavy atom. The number of benzene rings is 1. The summed E-state index contributed by atoms with van der Waals surface area (Å²) in [5.74, 6) is 0.943. The second-order valence-corrected chi connectivity index (χ2v) is 6.67. The molecule has 0 amide bonds. The van der Waals surface area contributed by atoms with Crippen LogP contribution in [0, 0.1) is 0 Å². The van der Waals surface area contributed by atoms with Gasteiger partial charge >= 0.3 is 0 Å². The zero-order chi connectivity index (χ0) is 14.9. The highest BCUT2D eigenvalue weighted by Crippen LogP contribution is 2.17. The highest BCUT2D eigenvalue weighted by Gasteiger charge is 2.17. The summed E-state index contributed by atoms with van der Waals surface area (Å²) in [5.41, 5.74) is 0. The Kier molecular flexibility index (Phi) is 7.54. The van der Waals surface area contributed by atoms with E-state index >= 15 is 0 Å². The molecule has 0 aliphatic carbocycles. The minimum atomic E-state index is 0.674. The largest absolute Gasteiger partial charge is 0.492 e. The Bertz CT molecular complexity index is 408. The standard InChI is InChI=1S/C17H27BrN2O/c1-2-3-10-20(14-16-7-5-9-19-16)11-12-21-17-8-4-6-15(18)13-17/h4,6,8,13,16,19H,2-3,5,7,9-12,14H2,1H3. The Balaban J connectivity index is 1.74. The number of nitrogens with one attached hydrogen (secondary N) is 1. The van der Waals surface area contributed by atoms with Crippen LogP contribution in [-0.4, -0.2) is 43.7 Å². The molecule has 0 spiro atoms. The zero-order valence-corrected chi connectivity index (χ0v) is 14.6. The molecule has 1 unspecified atom stereocenters. The summed E-state index contributed by atoms with van der Waals surface area (Å²) in [4.78, 5) is 2.55. The van der Waals surface area contributed by atoms with E-state index < -0.39 is 0 Å². The fourth-order valence-corrected chi connectivity index (χ4v) is 3.13. The molecule has 0 radical (unpaired) electrons. The fourth-order valence-electron chi connectivity index (χ4n) is 2.75. The molecule has 1 heterocycles. The number of hydrogen-bond donors (Lipinski definition) is 1. The van der Waals surface area contributed by atoms with E-state index in [1.807, 2.05) is 24.3 Å². The van der Waals surface area contributed by atoms with Gasteiger partial charge < -0.3 is 10.1 Å². The lowest BCUT2D eigenvalue weighted by atomic mass is 10.2. The van der Waals surface area contributed by atoms with Gasteiger partial charge in [0, 0.05) is 23.6 Å². The Hall–Kier alpha value is -0.580. The molecule has 2 rings (SSSR count). The molecule has 3 nitrogen and oxygen atoms in total. The third-order valence-electron chi connectivity index (χ3n) is 3.94. The second-order valence-electron chi connectivity index (χ2n) is 5.75. The van der Waals surface area contributed by atoms with E-state index in [1.54, 1.807) is 0 Å². The molecule has 1 aliphatic rings. The van der Waals surface area contributed by atoms with E-state index in [-0.39, 0.29) is 0 Å². The Morgan fingerprint density at radius 2 is 2.29 bits per heavy atom. The van der Waals surface area contributed by atoms with Gasteiger partial charge in [0.05, 0.1) is 0 Å². The maximum Gasteiger partial charge on any atom is 0.120 e. The number of nitrogens with zero attached hydrogens (tertiary/aromatic N) is 1. The smallest absolute Gasteiger partial charge is 0.120 e. The first-order valence-electron chi connectivity index (χ1n) is 8.12. The highest BCUT2D eigenvalue weighted by atomic mass is 79.9. The summed E-state index contributed by atoms with van der Waals surface area (Å²) >= 11 is 3.48. The maximum atomic E-state index is 5.87. The van der Waals surface area contributed by atoms with E-state index in [1.165, 1.54) is 38.8 Å². The van der Waals surface area contributed by atoms with Gasteiger partial charge in [-0.05, 0) is 50.6 Å². The minimum absolute atomic E-state index is 0.674. The van der Waals surface area contributed by atoms with E-state index in [4.69, 9.17) is 4.74 Å². The first kappa shape index (κ1) is 16.8. The topological polar surface area (TPSA) is 24.5 Å². The van der Waals surface area contributed by atoms with Crippen LogP contribution in [0.1, 0.15) is 32.6 Å². The lowest BCUT2D eigenvalue weighted by Crippen LogP contribution is -2.40. The molecule has 4 heteroatoms. The molecule has 1 aromatic carbocycles. The average molecular weight is 355 g/mol. The van der Waals surface area contributed by atoms with E-state index in [9.17, 15) is 0 Å². The Morgan fingerprint density at radius 3 is 3.00 bits per heavy atom. The summed E-state index contributed by atoms with van der Waals surface area (Å²) in [5, 5.41) is 3.59. The van der Waals surface area contributed by atoms with Crippen molar-refractivity contribution in [1.82, 2.24) is 10.2 Å². The lowest BCUT2D eigenvalue weighted by molar-refractivity contribution is 0.194. The van der Waals surface area contributed by atoms with E-state index in [2.05, 4.69) is 33.1 Å². The molecule has 1 fully saturated rings. The van der Waals surface area contributed by atoms with Crippen molar-refractivity contribution in [3.63, 3.8) is 0 Å². The van der Waals surface area contributed by atoms with Crippen LogP contribution in [0.5, 0.6) is 5.75 Å². The normalized spacial score (nSPS) is 18.3. The predicted molar refractivity (Wildman–Crippen MR) is 92.0 cm³/mol. The fraction of sp³-hybridized carbons (Fsp3) is 0.647. The van der Waals surface area contributed by atoms with Gasteiger partial charge in [-0.25, -0.2) is 0 Å². The molecule has 118 valence electrons. The molecule has 1 N–H and O–H groups in total. The van der Waals surface area contributed by atoms with Crippen LogP contribution in [0.15, 0.2) is 28.7 Å². The first-order chi connectivity index (χ1) is 10.3. The predicted octanol–water partition coefficient (Wildman–Crippen LogP) is 3.68. The summed E-state index contributed by atoms with van der Waals surface area (Å²) in [6, 6.07) is 8.74. The van der Waals surface area contributed by atoms with Crippen molar-refractivity contribution in [2.45, 2.75) is 38.6 Å². The molecule has 0 aromatic heterocycles. The van der Waals surface area contributed by atoms with Gasteiger partial charge in [-0.1, -0.05) is 35.3 Å². The van der Waals surface area contributed by atoms with Crippen molar-refractivity contribution in [3.05, 3.63) is 28.7 Å². The number of rotatable bonds is 9. The molecule has 1 saturated heterocycles. The lowest BCUT2D eigenvalue weighted by Gasteiger charge is -2.25. The number of unbranched alkanes of at least 4 members (excludes halogenated alkanes) is 1. The number of halogens is 1. The van der Waals surface area contributed by atoms with Crippen LogP contribution in [0.4, 0.5) is 0 Å². The van der Waals surface area contributed by atoms with E-state index in [0.717, 1.165) is 29.9 Å². The summed E-state index contributed by atoms with van der Waals surface area (Å²) in [6.07, 6.45) is 5.15. The van der Waals surface area contributed by atoms with Crippen LogP contribution in [0.25, 0.3) is 0 Å². The second kappa shape index (κ2) is 9.44. The molecule has 1 atom stereocenters. The summed E-state index contributed by atoms with van der Waals surface area (Å²) < 4.78 is 6.94. The molecular formula is C17H27BrN2O. The number of ether oxygens (including phenoxy) is 1. The van der Waals surface area contributed by atoms with Crippen LogP contribution in [0.2, 0.25) is 0 Å². The molecule has 1 aromatic rings. The zero-order valence-electron chi connectivity index (χ0n) is 13.0. The highest BCUT2D eigenvalue weighted by molar-refractivity contribution is 9.10. The van der Waals surface area contributed by atoms with Crippen LogP contribution < -0.4 is 10.1 Å². The van der Waals surface area contributed by atoms with Gasteiger partial charge in [-0.15, -0.1) is 0 Å². The van der Waals surface area contributed by atoms with Crippen molar-refractivity contribution in [3.8, 4) is 5.75 Å². The van der Waals surface area contributed by atoms with Crippen LogP contribution in [-0.2, 0) is 0 Å². The first-order valence-corrected chi connectivity index (χ1v) is 8.91. The summed E-state index contributed by atoms with van der Waals surface area (Å²) in [7, 11) is 0. The van der Waals surface area contributed by atoms with Gasteiger partial charge in [0.25, 0.3) is 0 Å². The van der Waals surface area contributed by atoms with Gasteiger partial charge in [0.2, 0.25) is 0 Å². The molecule has 0 saturated carbocycles. The van der Waals surface area contributed by atoms with Gasteiger partial charge in [-0.3, -0.25) is 4.90 Å². The summed E-state index contributed by atoms with van der Waals surface area (Å²) in [6.45, 7) is 7.53. The molecule has 1 aliphatic heterocycles. The third-order valence-corrected chi connectivity index (χ3v) is 4.43. The van der Waals surface area contributed by atoms with Gasteiger partial charge in [0.15, 0.2) is 0 Å². The van der Waals surface area contributed by atoms with Crippen molar-refractivity contribution >= 4 is 15.9 Å². The van der Waals surface area contributed by atoms with Crippen molar-refractivity contribution in [2.24, 2.45) is 0 Å². The minimum Gasteiger partial charge on any atom is -0.492 e. The van der Waals surface area contributed by atoms with Gasteiger partial charge in [0.1, 0.15) is 12.4 Å². The quantitative estimate of drug-likeness (QED) is 0.731. The average Bonchev–Trinajstić information content (AvgIpc) is 2.97. The molecular weight excluding hydrogens is 328 g/mol. The molecule has 21 heavy (non-hydrogen) atoms. The monoisotopic (exact) mass is 354 g/mol. The van der Waals surface area contributed by atoms with E-state index in [0.29, 0.717) is 6.04 Å². The van der Waals surface area contributed by atoms with Crippen molar-refractivity contribution in [1.29, 1.82) is 0 Å². The van der Waals surface area contributed by atoms with Gasteiger partial charge in [-0.2, -0.15) is 0 Å². The molecule has 0 bridgehead atoms. The van der Waals surface area contributed by atoms with Crippen molar-refractivity contribution in [2.75, 3.05) is 32.8 Å². The van der Waals surface area contributed by atoms with Crippen LogP contribution >= 0.6 is 15.9 Å².